The smallest absolute Gasteiger partial charge is 0.131 e. The van der Waals surface area contributed by atoms with Gasteiger partial charge in [-0.25, -0.2) is 9.97 Å². The third kappa shape index (κ3) is 4.17. The summed E-state index contributed by atoms with van der Waals surface area (Å²) in [6.07, 6.45) is 9.79. The van der Waals surface area contributed by atoms with Gasteiger partial charge >= 0.3 is 0 Å². The van der Waals surface area contributed by atoms with Gasteiger partial charge in [0.05, 0.1) is 12.7 Å². The van der Waals surface area contributed by atoms with Gasteiger partial charge in [-0.15, -0.1) is 0 Å². The Morgan fingerprint density at radius 2 is 2.18 bits per heavy atom. The molecular weight excluding hydrogens is 350 g/mol. The Hall–Kier alpha value is -2.86. The van der Waals surface area contributed by atoms with E-state index in [1.54, 1.807) is 6.20 Å². The van der Waals surface area contributed by atoms with Gasteiger partial charge < -0.3 is 20.4 Å². The first kappa shape index (κ1) is 18.5. The molecule has 6 nitrogen and oxygen atoms in total. The number of fused-ring (bicyclic) bond motifs is 2. The number of hydrogen-bond donors (Lipinski definition) is 2. The number of nitrogens with one attached hydrogen (secondary N) is 1. The van der Waals surface area contributed by atoms with Crippen LogP contribution < -0.4 is 11.1 Å². The van der Waals surface area contributed by atoms with Gasteiger partial charge in [0.15, 0.2) is 0 Å². The zero-order valence-electron chi connectivity index (χ0n) is 16.1. The number of anilines is 2. The third-order valence-electron chi connectivity index (χ3n) is 5.29. The molecule has 0 fully saturated rings. The molecule has 3 aromatic rings. The topological polar surface area (TPSA) is 78.0 Å². The van der Waals surface area contributed by atoms with Crippen molar-refractivity contribution < 1.29 is 4.74 Å². The number of aromatic nitrogens is 3. The van der Waals surface area contributed by atoms with Crippen molar-refractivity contribution in [3.63, 3.8) is 0 Å². The Morgan fingerprint density at radius 1 is 1.25 bits per heavy atom. The average molecular weight is 377 g/mol. The molecule has 2 aromatic heterocycles. The maximum atomic E-state index is 6.06. The lowest BCUT2D eigenvalue weighted by molar-refractivity contribution is 0.0493. The van der Waals surface area contributed by atoms with Crippen molar-refractivity contribution in [3.8, 4) is 0 Å². The highest BCUT2D eigenvalue weighted by Crippen LogP contribution is 2.26. The standard InChI is InChI=1S/C22H27N5O/c1-16(15-28-17-8-12-27-13-11-25-21(27)14-17)4-3-9-24-20-6-2-5-19-18(20)7-10-26-22(19)23/h2,5-7,10-11,13,17,24H,1,3-4,8-9,12,14-15H2,(H2,23,26). The highest BCUT2D eigenvalue weighted by Gasteiger charge is 2.19. The lowest BCUT2D eigenvalue weighted by Crippen LogP contribution is -2.26. The van der Waals surface area contributed by atoms with Crippen molar-refractivity contribution in [1.29, 1.82) is 0 Å². The molecule has 0 aliphatic carbocycles. The number of imidazole rings is 1. The highest BCUT2D eigenvalue weighted by molar-refractivity contribution is 5.99. The zero-order chi connectivity index (χ0) is 19.3. The number of nitrogens with zero attached hydrogens (tertiary/aromatic N) is 3. The van der Waals surface area contributed by atoms with Crippen LogP contribution in [0, 0.1) is 0 Å². The molecule has 0 bridgehead atoms. The normalized spacial score (nSPS) is 16.1. The van der Waals surface area contributed by atoms with Gasteiger partial charge in [-0.2, -0.15) is 0 Å². The van der Waals surface area contributed by atoms with Crippen LogP contribution in [0.25, 0.3) is 10.8 Å². The molecule has 0 amide bonds. The van der Waals surface area contributed by atoms with E-state index < -0.39 is 0 Å². The summed E-state index contributed by atoms with van der Waals surface area (Å²) in [5.41, 5.74) is 8.19. The molecule has 1 aromatic carbocycles. The fourth-order valence-corrected chi connectivity index (χ4v) is 3.72. The van der Waals surface area contributed by atoms with Gasteiger partial charge in [-0.05, 0) is 31.4 Å². The monoisotopic (exact) mass is 377 g/mol. The molecule has 0 saturated carbocycles. The molecular formula is C22H27N5O. The van der Waals surface area contributed by atoms with Crippen LogP contribution in [0.3, 0.4) is 0 Å². The quantitative estimate of drug-likeness (QED) is 0.461. The van der Waals surface area contributed by atoms with Crippen LogP contribution in [-0.2, 0) is 17.7 Å². The van der Waals surface area contributed by atoms with E-state index in [1.165, 1.54) is 0 Å². The van der Waals surface area contributed by atoms with Crippen LogP contribution in [-0.4, -0.2) is 33.8 Å². The van der Waals surface area contributed by atoms with E-state index in [4.69, 9.17) is 10.5 Å². The number of rotatable bonds is 8. The summed E-state index contributed by atoms with van der Waals surface area (Å²) in [4.78, 5) is 8.55. The van der Waals surface area contributed by atoms with Gasteiger partial charge in [-0.1, -0.05) is 24.3 Å². The van der Waals surface area contributed by atoms with Gasteiger partial charge in [0.1, 0.15) is 11.6 Å². The second kappa shape index (κ2) is 8.44. The van der Waals surface area contributed by atoms with E-state index in [1.807, 2.05) is 30.6 Å². The van der Waals surface area contributed by atoms with Crippen LogP contribution in [0.1, 0.15) is 25.1 Å². The van der Waals surface area contributed by atoms with E-state index in [9.17, 15) is 0 Å². The summed E-state index contributed by atoms with van der Waals surface area (Å²) >= 11 is 0. The second-order valence-electron chi connectivity index (χ2n) is 7.34. The molecule has 0 spiro atoms. The zero-order valence-corrected chi connectivity index (χ0v) is 16.1. The molecule has 3 N–H and O–H groups in total. The van der Waals surface area contributed by atoms with Crippen molar-refractivity contribution in [2.75, 3.05) is 24.2 Å². The van der Waals surface area contributed by atoms with E-state index in [-0.39, 0.29) is 6.10 Å². The number of nitrogen functional groups attached to an aromatic ring is 1. The SMILES string of the molecule is C=C(CCCNc1cccc2c(N)nccc12)COC1CCn2ccnc2C1. The first-order valence-corrected chi connectivity index (χ1v) is 9.86. The number of ether oxygens (including phenoxy) is 1. The van der Waals surface area contributed by atoms with Gasteiger partial charge in [0.2, 0.25) is 0 Å². The highest BCUT2D eigenvalue weighted by atomic mass is 16.5. The first-order valence-electron chi connectivity index (χ1n) is 9.86. The van der Waals surface area contributed by atoms with E-state index in [0.29, 0.717) is 12.4 Å². The lowest BCUT2D eigenvalue weighted by atomic mass is 10.1. The largest absolute Gasteiger partial charge is 0.385 e. The van der Waals surface area contributed by atoms with Crippen LogP contribution in [0.15, 0.2) is 55.0 Å². The Labute approximate surface area is 165 Å². The summed E-state index contributed by atoms with van der Waals surface area (Å²) in [6, 6.07) is 8.08. The van der Waals surface area contributed by atoms with E-state index in [2.05, 4.69) is 32.5 Å². The summed E-state index contributed by atoms with van der Waals surface area (Å²) in [6.45, 7) is 6.67. The van der Waals surface area contributed by atoms with Crippen molar-refractivity contribution in [2.45, 2.75) is 38.3 Å². The van der Waals surface area contributed by atoms with Gasteiger partial charge in [0, 0.05) is 54.6 Å². The Balaban J connectivity index is 1.20. The lowest BCUT2D eigenvalue weighted by Gasteiger charge is -2.24. The van der Waals surface area contributed by atoms with Crippen LogP contribution in [0.4, 0.5) is 11.5 Å². The van der Waals surface area contributed by atoms with Crippen LogP contribution in [0.5, 0.6) is 0 Å². The number of benzene rings is 1. The summed E-state index contributed by atoms with van der Waals surface area (Å²) in [5, 5.41) is 5.60. The predicted octanol–water partition coefficient (Wildman–Crippen LogP) is 3.79. The Morgan fingerprint density at radius 3 is 3.11 bits per heavy atom. The number of hydrogen-bond acceptors (Lipinski definition) is 5. The number of pyridine rings is 1. The molecule has 1 unspecified atom stereocenters. The molecule has 1 aliphatic heterocycles. The summed E-state index contributed by atoms with van der Waals surface area (Å²) in [7, 11) is 0. The maximum absolute atomic E-state index is 6.06. The van der Waals surface area contributed by atoms with Gasteiger partial charge in [-0.3, -0.25) is 0 Å². The molecule has 146 valence electrons. The fourth-order valence-electron chi connectivity index (χ4n) is 3.72. The van der Waals surface area contributed by atoms with Crippen molar-refractivity contribution >= 4 is 22.3 Å². The minimum atomic E-state index is 0.250. The molecule has 28 heavy (non-hydrogen) atoms. The molecule has 6 heteroatoms. The van der Waals surface area contributed by atoms with Gasteiger partial charge in [0.25, 0.3) is 0 Å². The number of nitrogens with two attached hydrogens (primary N) is 1. The Bertz CT molecular complexity index is 964. The molecule has 3 heterocycles. The minimum Gasteiger partial charge on any atom is -0.385 e. The minimum absolute atomic E-state index is 0.250. The second-order valence-corrected chi connectivity index (χ2v) is 7.34. The predicted molar refractivity (Wildman–Crippen MR) is 113 cm³/mol. The van der Waals surface area contributed by atoms with Crippen molar-refractivity contribution in [3.05, 3.63) is 60.8 Å². The van der Waals surface area contributed by atoms with Crippen molar-refractivity contribution in [2.24, 2.45) is 0 Å². The molecule has 0 radical (unpaired) electrons. The molecule has 1 atom stereocenters. The summed E-state index contributed by atoms with van der Waals surface area (Å²) < 4.78 is 8.27. The van der Waals surface area contributed by atoms with E-state index >= 15 is 0 Å². The number of aryl methyl sites for hydroxylation is 1. The van der Waals surface area contributed by atoms with E-state index in [0.717, 1.165) is 66.6 Å². The van der Waals surface area contributed by atoms with Crippen molar-refractivity contribution in [1.82, 2.24) is 14.5 Å². The summed E-state index contributed by atoms with van der Waals surface area (Å²) in [5.74, 6) is 1.69. The third-order valence-corrected chi connectivity index (χ3v) is 5.29. The van der Waals surface area contributed by atoms with Crippen LogP contribution in [0.2, 0.25) is 0 Å². The molecule has 1 aliphatic rings. The fraction of sp³-hybridized carbons (Fsp3) is 0.364. The maximum Gasteiger partial charge on any atom is 0.131 e. The first-order chi connectivity index (χ1) is 13.7. The molecule has 0 saturated heterocycles. The Kier molecular flexibility index (Phi) is 5.58. The molecule has 4 rings (SSSR count). The average Bonchev–Trinajstić information content (AvgIpc) is 3.18. The van der Waals surface area contributed by atoms with Crippen LogP contribution >= 0.6 is 0 Å².